The van der Waals surface area contributed by atoms with E-state index < -0.39 is 11.3 Å². The van der Waals surface area contributed by atoms with E-state index in [0.29, 0.717) is 37.0 Å². The van der Waals surface area contributed by atoms with Gasteiger partial charge in [0.15, 0.2) is 0 Å². The zero-order chi connectivity index (χ0) is 22.8. The highest BCUT2D eigenvalue weighted by molar-refractivity contribution is 6.39. The Bertz CT molecular complexity index is 1230. The predicted octanol–water partition coefficient (Wildman–Crippen LogP) is 3.75. The molecule has 0 bridgehead atoms. The molecule has 1 saturated heterocycles. The van der Waals surface area contributed by atoms with E-state index in [4.69, 9.17) is 27.9 Å². The molecule has 11 heteroatoms. The molecular formula is C21H19Cl2N5O4. The van der Waals surface area contributed by atoms with E-state index in [2.05, 4.69) is 15.3 Å². The van der Waals surface area contributed by atoms with E-state index in [-0.39, 0.29) is 33.4 Å². The number of carbonyl (C=O) groups is 2. The first kappa shape index (κ1) is 22.0. The zero-order valence-corrected chi connectivity index (χ0v) is 18.6. The average molecular weight is 476 g/mol. The third-order valence-corrected chi connectivity index (χ3v) is 5.99. The molecule has 9 nitrogen and oxygen atoms in total. The lowest BCUT2D eigenvalue weighted by Gasteiger charge is -2.32. The second-order valence-corrected chi connectivity index (χ2v) is 8.09. The summed E-state index contributed by atoms with van der Waals surface area (Å²) >= 11 is 12.2. The molecule has 0 saturated carbocycles. The largest absolute Gasteiger partial charge is 0.453 e. The van der Waals surface area contributed by atoms with Crippen molar-refractivity contribution in [2.75, 3.05) is 25.5 Å². The number of methoxy groups -OCH3 is 1. The molecule has 1 aliphatic heterocycles. The second-order valence-electron chi connectivity index (χ2n) is 7.27. The van der Waals surface area contributed by atoms with Gasteiger partial charge in [-0.05, 0) is 25.0 Å². The Balaban J connectivity index is 1.72. The van der Waals surface area contributed by atoms with E-state index >= 15 is 0 Å². The first-order valence-corrected chi connectivity index (χ1v) is 10.6. The smallest absolute Gasteiger partial charge is 0.409 e. The molecule has 0 radical (unpaired) electrons. The minimum absolute atomic E-state index is 0.0615. The van der Waals surface area contributed by atoms with Crippen LogP contribution in [0.5, 0.6) is 0 Å². The zero-order valence-electron chi connectivity index (χ0n) is 17.0. The summed E-state index contributed by atoms with van der Waals surface area (Å²) in [6, 6.07) is 3.22. The Morgan fingerprint density at radius 3 is 2.53 bits per heavy atom. The molecule has 1 N–H and O–H groups in total. The molecule has 4 rings (SSSR count). The Hall–Kier alpha value is -3.17. The number of fused-ring (bicyclic) bond motifs is 1. The second kappa shape index (κ2) is 9.13. The van der Waals surface area contributed by atoms with Gasteiger partial charge in [0.2, 0.25) is 5.43 Å². The van der Waals surface area contributed by atoms with Gasteiger partial charge in [-0.2, -0.15) is 0 Å². The minimum atomic E-state index is -0.642. The van der Waals surface area contributed by atoms with Crippen LogP contribution in [-0.4, -0.2) is 51.6 Å². The fourth-order valence-electron chi connectivity index (χ4n) is 3.79. The SMILES string of the molecule is COC(=O)N1CCC(n2cc(C(=O)Nc3c(Cl)cncc3Cl)c(=O)c3cccnc32)CC1. The van der Waals surface area contributed by atoms with Gasteiger partial charge in [-0.25, -0.2) is 9.78 Å². The van der Waals surface area contributed by atoms with Gasteiger partial charge in [0, 0.05) is 43.9 Å². The Labute approximate surface area is 192 Å². The van der Waals surface area contributed by atoms with Crippen molar-refractivity contribution in [3.63, 3.8) is 0 Å². The normalized spacial score (nSPS) is 14.4. The Kier molecular flexibility index (Phi) is 6.29. The average Bonchev–Trinajstić information content (AvgIpc) is 2.81. The lowest BCUT2D eigenvalue weighted by atomic mass is 10.0. The number of pyridine rings is 3. The standard InChI is InChI=1S/C21H19Cl2N5O4/c1-32-21(31)27-7-4-12(5-8-27)28-11-14(18(29)13-3-2-6-25-19(13)28)20(30)26-17-15(22)9-24-10-16(17)23/h2-3,6,9-12H,4-5,7-8H2,1H3,(H,24,26,30). The highest BCUT2D eigenvalue weighted by atomic mass is 35.5. The first-order chi connectivity index (χ1) is 15.4. The number of ether oxygens (including phenoxy) is 1. The molecule has 3 aromatic heterocycles. The predicted molar refractivity (Wildman–Crippen MR) is 120 cm³/mol. The number of hydrogen-bond acceptors (Lipinski definition) is 6. The molecule has 0 atom stereocenters. The summed E-state index contributed by atoms with van der Waals surface area (Å²) in [7, 11) is 1.35. The molecule has 1 aliphatic rings. The van der Waals surface area contributed by atoms with E-state index in [1.165, 1.54) is 25.7 Å². The van der Waals surface area contributed by atoms with Gasteiger partial charge in [-0.1, -0.05) is 23.2 Å². The van der Waals surface area contributed by atoms with Gasteiger partial charge in [0.25, 0.3) is 5.91 Å². The van der Waals surface area contributed by atoms with Gasteiger partial charge >= 0.3 is 6.09 Å². The number of carbonyl (C=O) groups excluding carboxylic acids is 2. The number of likely N-dealkylation sites (tertiary alicyclic amines) is 1. The molecule has 0 aliphatic carbocycles. The lowest BCUT2D eigenvalue weighted by molar-refractivity contribution is 0.102. The van der Waals surface area contributed by atoms with Crippen molar-refractivity contribution in [3.8, 4) is 0 Å². The summed E-state index contributed by atoms with van der Waals surface area (Å²) < 4.78 is 6.62. The molecule has 0 unspecified atom stereocenters. The summed E-state index contributed by atoms with van der Waals surface area (Å²) in [5, 5.41) is 3.25. The van der Waals surface area contributed by atoms with Gasteiger partial charge in [-0.15, -0.1) is 0 Å². The number of amides is 2. The van der Waals surface area contributed by atoms with Crippen molar-refractivity contribution in [2.45, 2.75) is 18.9 Å². The topological polar surface area (TPSA) is 106 Å². The summed E-state index contributed by atoms with van der Waals surface area (Å²) in [5.41, 5.74) is 0.141. The van der Waals surface area contributed by atoms with Crippen LogP contribution in [0.3, 0.4) is 0 Å². The third-order valence-electron chi connectivity index (χ3n) is 5.42. The molecule has 4 heterocycles. The number of aromatic nitrogens is 3. The summed E-state index contributed by atoms with van der Waals surface area (Å²) in [6.45, 7) is 0.975. The van der Waals surface area contributed by atoms with Crippen LogP contribution in [0.1, 0.15) is 29.2 Å². The fraction of sp³-hybridized carbons (Fsp3) is 0.286. The van der Waals surface area contributed by atoms with Gasteiger partial charge in [-0.3, -0.25) is 14.6 Å². The number of piperidine rings is 1. The Morgan fingerprint density at radius 1 is 1.19 bits per heavy atom. The maximum absolute atomic E-state index is 13.1. The quantitative estimate of drug-likeness (QED) is 0.617. The van der Waals surface area contributed by atoms with Crippen LogP contribution < -0.4 is 10.7 Å². The number of nitrogens with zero attached hydrogens (tertiary/aromatic N) is 4. The summed E-state index contributed by atoms with van der Waals surface area (Å²) in [5.74, 6) is -0.642. The molecule has 1 fully saturated rings. The molecule has 2 amide bonds. The molecule has 3 aromatic rings. The van der Waals surface area contributed by atoms with Gasteiger partial charge < -0.3 is 19.5 Å². The van der Waals surface area contributed by atoms with E-state index in [1.807, 2.05) is 4.57 Å². The maximum Gasteiger partial charge on any atom is 0.409 e. The molecule has 0 aromatic carbocycles. The van der Waals surface area contributed by atoms with Crippen molar-refractivity contribution in [2.24, 2.45) is 0 Å². The lowest BCUT2D eigenvalue weighted by Crippen LogP contribution is -2.39. The number of halogens is 2. The molecule has 32 heavy (non-hydrogen) atoms. The van der Waals surface area contributed by atoms with Crippen molar-refractivity contribution in [3.05, 3.63) is 62.8 Å². The van der Waals surface area contributed by atoms with Crippen molar-refractivity contribution >= 4 is 51.9 Å². The van der Waals surface area contributed by atoms with E-state index in [0.717, 1.165) is 0 Å². The summed E-state index contributed by atoms with van der Waals surface area (Å²) in [4.78, 5) is 47.8. The van der Waals surface area contributed by atoms with Gasteiger partial charge in [0.05, 0.1) is 28.2 Å². The monoisotopic (exact) mass is 475 g/mol. The fourth-order valence-corrected chi connectivity index (χ4v) is 4.25. The minimum Gasteiger partial charge on any atom is -0.453 e. The van der Waals surface area contributed by atoms with Crippen LogP contribution in [0.4, 0.5) is 10.5 Å². The van der Waals surface area contributed by atoms with Crippen LogP contribution in [0.2, 0.25) is 10.0 Å². The van der Waals surface area contributed by atoms with E-state index in [1.54, 1.807) is 23.2 Å². The van der Waals surface area contributed by atoms with Crippen molar-refractivity contribution in [1.82, 2.24) is 19.4 Å². The number of rotatable bonds is 3. The third kappa shape index (κ3) is 4.13. The number of nitrogens with one attached hydrogen (secondary N) is 1. The number of anilines is 1. The van der Waals surface area contributed by atoms with Crippen molar-refractivity contribution < 1.29 is 14.3 Å². The number of hydrogen-bond donors (Lipinski definition) is 1. The van der Waals surface area contributed by atoms with Gasteiger partial charge in [0.1, 0.15) is 11.2 Å². The van der Waals surface area contributed by atoms with Crippen molar-refractivity contribution in [1.29, 1.82) is 0 Å². The van der Waals surface area contributed by atoms with Crippen LogP contribution in [-0.2, 0) is 4.74 Å². The molecular weight excluding hydrogens is 457 g/mol. The Morgan fingerprint density at radius 2 is 1.88 bits per heavy atom. The highest BCUT2D eigenvalue weighted by Crippen LogP contribution is 2.30. The maximum atomic E-state index is 13.1. The molecule has 166 valence electrons. The van der Waals surface area contributed by atoms with Crippen LogP contribution in [0, 0.1) is 0 Å². The summed E-state index contributed by atoms with van der Waals surface area (Å²) in [6.07, 6.45) is 6.66. The van der Waals surface area contributed by atoms with Crippen LogP contribution >= 0.6 is 23.2 Å². The highest BCUT2D eigenvalue weighted by Gasteiger charge is 2.27. The molecule has 0 spiro atoms. The van der Waals surface area contributed by atoms with Crippen LogP contribution in [0.25, 0.3) is 11.0 Å². The first-order valence-electron chi connectivity index (χ1n) is 9.83. The van der Waals surface area contributed by atoms with Crippen LogP contribution in [0.15, 0.2) is 41.7 Å². The van der Waals surface area contributed by atoms with E-state index in [9.17, 15) is 14.4 Å².